The Balaban J connectivity index is 2.00. The summed E-state index contributed by atoms with van der Waals surface area (Å²) >= 11 is 7.14. The minimum absolute atomic E-state index is 0.123. The number of rotatable bonds is 5. The first-order chi connectivity index (χ1) is 13.4. The van der Waals surface area contributed by atoms with Crippen molar-refractivity contribution >= 4 is 37.8 Å². The first-order valence-corrected chi connectivity index (χ1v) is 10.3. The van der Waals surface area contributed by atoms with Crippen LogP contribution in [0, 0.1) is 0 Å². The number of benzene rings is 3. The molecule has 1 aliphatic rings. The highest BCUT2D eigenvalue weighted by Crippen LogP contribution is 2.54. The van der Waals surface area contributed by atoms with Crippen molar-refractivity contribution in [3.8, 4) is 11.1 Å². The summed E-state index contributed by atoms with van der Waals surface area (Å²) in [5.41, 5.74) is 9.78. The van der Waals surface area contributed by atoms with Gasteiger partial charge in [-0.3, -0.25) is 4.79 Å². The molecule has 1 atom stereocenters. The molecule has 4 rings (SSSR count). The molecule has 3 aromatic carbocycles. The zero-order valence-electron chi connectivity index (χ0n) is 14.7. The first kappa shape index (κ1) is 19.3. The van der Waals surface area contributed by atoms with Crippen LogP contribution in [0.15, 0.2) is 75.7 Å². The largest absolute Gasteiger partial charge is 0.480 e. The normalized spacial score (nSPS) is 15.0. The van der Waals surface area contributed by atoms with Gasteiger partial charge in [0.15, 0.2) is 0 Å². The van der Waals surface area contributed by atoms with Crippen LogP contribution in [0.25, 0.3) is 11.1 Å². The molecule has 0 saturated heterocycles. The van der Waals surface area contributed by atoms with Crippen LogP contribution in [0.1, 0.15) is 16.7 Å². The Morgan fingerprint density at radius 1 is 0.964 bits per heavy atom. The maximum atomic E-state index is 11.3. The highest BCUT2D eigenvalue weighted by Gasteiger charge is 2.46. The van der Waals surface area contributed by atoms with E-state index in [1.54, 1.807) is 0 Å². The van der Waals surface area contributed by atoms with Gasteiger partial charge in [0.1, 0.15) is 11.6 Å². The van der Waals surface area contributed by atoms with Crippen molar-refractivity contribution in [1.82, 2.24) is 0 Å². The molecule has 0 saturated carbocycles. The van der Waals surface area contributed by atoms with E-state index < -0.39 is 17.6 Å². The smallest absolute Gasteiger partial charge is 0.322 e. The Morgan fingerprint density at radius 2 is 1.50 bits per heavy atom. The summed E-state index contributed by atoms with van der Waals surface area (Å²) in [5, 5.41) is 9.27. The molecular formula is C22H17Br2NO3. The quantitative estimate of drug-likeness (QED) is 0.519. The van der Waals surface area contributed by atoms with Gasteiger partial charge < -0.3 is 15.6 Å². The number of hydrogen-bond donors (Lipinski definition) is 2. The van der Waals surface area contributed by atoms with E-state index in [0.29, 0.717) is 0 Å². The zero-order chi connectivity index (χ0) is 19.9. The van der Waals surface area contributed by atoms with Gasteiger partial charge in [-0.15, -0.1) is 0 Å². The molecule has 0 amide bonds. The van der Waals surface area contributed by atoms with Crippen LogP contribution in [0.2, 0.25) is 0 Å². The fraction of sp³-hybridized carbons (Fsp3) is 0.136. The third-order valence-electron chi connectivity index (χ3n) is 4.99. The van der Waals surface area contributed by atoms with Crippen molar-refractivity contribution in [2.24, 2.45) is 5.73 Å². The maximum absolute atomic E-state index is 11.3. The Kier molecular flexibility index (Phi) is 5.14. The molecule has 0 heterocycles. The number of ether oxygens (including phenoxy) is 1. The average molecular weight is 503 g/mol. The van der Waals surface area contributed by atoms with Crippen LogP contribution in [0.5, 0.6) is 0 Å². The van der Waals surface area contributed by atoms with Crippen molar-refractivity contribution in [2.75, 3.05) is 6.61 Å². The lowest BCUT2D eigenvalue weighted by molar-refractivity contribution is -0.141. The van der Waals surface area contributed by atoms with Crippen LogP contribution in [-0.4, -0.2) is 23.7 Å². The number of carboxylic acid groups (broad SMARTS) is 1. The van der Waals surface area contributed by atoms with Crippen LogP contribution in [-0.2, 0) is 15.1 Å². The number of fused-ring (bicyclic) bond motifs is 3. The SMILES string of the molecule is N[C@@H](COC1(c2ccccc2)c2cc(Br)ccc2-c2ccc(Br)cc21)C(=O)O. The number of halogens is 2. The van der Waals surface area contributed by atoms with E-state index in [-0.39, 0.29) is 6.61 Å². The molecule has 1 aliphatic carbocycles. The molecule has 142 valence electrons. The van der Waals surface area contributed by atoms with Gasteiger partial charge >= 0.3 is 5.97 Å². The predicted octanol–water partition coefficient (Wildman–Crippen LogP) is 4.91. The molecule has 3 N–H and O–H groups in total. The average Bonchev–Trinajstić information content (AvgIpc) is 2.96. The summed E-state index contributed by atoms with van der Waals surface area (Å²) in [6.45, 7) is -0.123. The van der Waals surface area contributed by atoms with Gasteiger partial charge in [0.2, 0.25) is 0 Å². The van der Waals surface area contributed by atoms with E-state index in [9.17, 15) is 9.90 Å². The zero-order valence-corrected chi connectivity index (χ0v) is 17.9. The third kappa shape index (κ3) is 3.10. The molecular weight excluding hydrogens is 486 g/mol. The second kappa shape index (κ2) is 7.44. The van der Waals surface area contributed by atoms with Crippen LogP contribution < -0.4 is 5.73 Å². The fourth-order valence-electron chi connectivity index (χ4n) is 3.74. The van der Waals surface area contributed by atoms with E-state index in [1.807, 2.05) is 54.6 Å². The van der Waals surface area contributed by atoms with E-state index in [1.165, 1.54) is 0 Å². The van der Waals surface area contributed by atoms with E-state index in [4.69, 9.17) is 10.5 Å². The summed E-state index contributed by atoms with van der Waals surface area (Å²) < 4.78 is 8.26. The van der Waals surface area contributed by atoms with Crippen molar-refractivity contribution in [3.63, 3.8) is 0 Å². The van der Waals surface area contributed by atoms with Crippen molar-refractivity contribution in [3.05, 3.63) is 92.4 Å². The van der Waals surface area contributed by atoms with Gasteiger partial charge in [-0.25, -0.2) is 0 Å². The van der Waals surface area contributed by atoms with E-state index >= 15 is 0 Å². The van der Waals surface area contributed by atoms with Crippen LogP contribution in [0.4, 0.5) is 0 Å². The molecule has 0 aromatic heterocycles. The Morgan fingerprint density at radius 3 is 2.00 bits per heavy atom. The molecule has 3 aromatic rings. The van der Waals surface area contributed by atoms with Gasteiger partial charge in [0.25, 0.3) is 0 Å². The summed E-state index contributed by atoms with van der Waals surface area (Å²) in [7, 11) is 0. The molecule has 4 nitrogen and oxygen atoms in total. The molecule has 0 radical (unpaired) electrons. The van der Waals surface area contributed by atoms with E-state index in [2.05, 4.69) is 44.0 Å². The lowest BCUT2D eigenvalue weighted by atomic mass is 9.84. The highest BCUT2D eigenvalue weighted by molar-refractivity contribution is 9.10. The summed E-state index contributed by atoms with van der Waals surface area (Å²) in [6, 6.07) is 20.9. The standard InChI is InChI=1S/C22H17Br2NO3/c23-14-6-8-16-17-9-7-15(24)11-19(17)22(18(16)10-14,13-4-2-1-3-5-13)28-12-20(25)21(26)27/h1-11,20H,12,25H2,(H,26,27)/t20-/m0/s1. The van der Waals surface area contributed by atoms with Crippen LogP contribution >= 0.6 is 31.9 Å². The van der Waals surface area contributed by atoms with Crippen molar-refractivity contribution in [1.29, 1.82) is 0 Å². The summed E-state index contributed by atoms with van der Waals surface area (Å²) in [5.74, 6) is -1.09. The second-order valence-electron chi connectivity index (χ2n) is 6.68. The Hall–Kier alpha value is -1.99. The molecule has 6 heteroatoms. The third-order valence-corrected chi connectivity index (χ3v) is 5.98. The van der Waals surface area contributed by atoms with Crippen LogP contribution in [0.3, 0.4) is 0 Å². The van der Waals surface area contributed by atoms with Crippen molar-refractivity contribution < 1.29 is 14.6 Å². The number of carboxylic acids is 1. The summed E-state index contributed by atoms with van der Waals surface area (Å²) in [4.78, 5) is 11.3. The Labute approximate surface area is 179 Å². The van der Waals surface area contributed by atoms with E-state index in [0.717, 1.165) is 36.8 Å². The van der Waals surface area contributed by atoms with Gasteiger partial charge in [0, 0.05) is 20.1 Å². The monoisotopic (exact) mass is 501 g/mol. The molecule has 0 spiro atoms. The minimum Gasteiger partial charge on any atom is -0.480 e. The number of hydrogen-bond acceptors (Lipinski definition) is 3. The number of aliphatic carboxylic acids is 1. The predicted molar refractivity (Wildman–Crippen MR) is 115 cm³/mol. The second-order valence-corrected chi connectivity index (χ2v) is 8.51. The number of nitrogens with two attached hydrogens (primary N) is 1. The molecule has 28 heavy (non-hydrogen) atoms. The van der Waals surface area contributed by atoms with Gasteiger partial charge in [-0.1, -0.05) is 74.3 Å². The minimum atomic E-state index is -1.12. The lowest BCUT2D eigenvalue weighted by Gasteiger charge is -2.33. The molecule has 0 bridgehead atoms. The fourth-order valence-corrected chi connectivity index (χ4v) is 4.46. The highest BCUT2D eigenvalue weighted by atomic mass is 79.9. The number of carbonyl (C=O) groups is 1. The van der Waals surface area contributed by atoms with Gasteiger partial charge in [0.05, 0.1) is 6.61 Å². The maximum Gasteiger partial charge on any atom is 0.322 e. The lowest BCUT2D eigenvalue weighted by Crippen LogP contribution is -2.40. The topological polar surface area (TPSA) is 72.5 Å². The van der Waals surface area contributed by atoms with Gasteiger partial charge in [-0.2, -0.15) is 0 Å². The van der Waals surface area contributed by atoms with Gasteiger partial charge in [-0.05, 0) is 41.0 Å². The molecule has 0 fully saturated rings. The molecule has 0 unspecified atom stereocenters. The Bertz CT molecular complexity index is 1000. The van der Waals surface area contributed by atoms with Crippen molar-refractivity contribution in [2.45, 2.75) is 11.6 Å². The first-order valence-electron chi connectivity index (χ1n) is 8.72. The summed E-state index contributed by atoms with van der Waals surface area (Å²) in [6.07, 6.45) is 0. The molecule has 0 aliphatic heterocycles.